The van der Waals surface area contributed by atoms with E-state index < -0.39 is 0 Å². The van der Waals surface area contributed by atoms with Crippen molar-refractivity contribution in [3.63, 3.8) is 0 Å². The minimum absolute atomic E-state index is 0.604. The molecule has 1 N–H and O–H groups in total. The van der Waals surface area contributed by atoms with Crippen molar-refractivity contribution in [2.75, 3.05) is 6.54 Å². The van der Waals surface area contributed by atoms with E-state index in [9.17, 15) is 0 Å². The van der Waals surface area contributed by atoms with Gasteiger partial charge in [0.1, 0.15) is 0 Å². The van der Waals surface area contributed by atoms with Gasteiger partial charge in [0.2, 0.25) is 0 Å². The van der Waals surface area contributed by atoms with Crippen LogP contribution in [0.15, 0.2) is 30.3 Å². The highest BCUT2D eigenvalue weighted by molar-refractivity contribution is 5.20. The molecule has 0 spiro atoms. The fourth-order valence-corrected chi connectivity index (χ4v) is 2.57. The van der Waals surface area contributed by atoms with E-state index >= 15 is 0 Å². The van der Waals surface area contributed by atoms with Gasteiger partial charge in [-0.15, -0.1) is 0 Å². The summed E-state index contributed by atoms with van der Waals surface area (Å²) in [5.41, 5.74) is 1.46. The largest absolute Gasteiger partial charge is 0.314 e. The van der Waals surface area contributed by atoms with Gasteiger partial charge in [0.25, 0.3) is 0 Å². The van der Waals surface area contributed by atoms with Crippen molar-refractivity contribution in [3.8, 4) is 0 Å². The van der Waals surface area contributed by atoms with Crippen molar-refractivity contribution in [2.45, 2.75) is 64.8 Å². The monoisotopic (exact) mass is 247 g/mol. The Balaban J connectivity index is 2.49. The Labute approximate surface area is 113 Å². The zero-order valence-corrected chi connectivity index (χ0v) is 12.3. The summed E-state index contributed by atoms with van der Waals surface area (Å²) < 4.78 is 0. The van der Waals surface area contributed by atoms with Gasteiger partial charge in [0.05, 0.1) is 0 Å². The molecule has 0 fully saturated rings. The van der Waals surface area contributed by atoms with Crippen LogP contribution >= 0.6 is 0 Å². The van der Waals surface area contributed by atoms with Gasteiger partial charge in [-0.2, -0.15) is 0 Å². The summed E-state index contributed by atoms with van der Waals surface area (Å²) in [4.78, 5) is 0. The van der Waals surface area contributed by atoms with Crippen LogP contribution in [-0.2, 0) is 0 Å². The van der Waals surface area contributed by atoms with Crippen molar-refractivity contribution >= 4 is 0 Å². The van der Waals surface area contributed by atoms with Gasteiger partial charge in [0, 0.05) is 6.04 Å². The van der Waals surface area contributed by atoms with Crippen molar-refractivity contribution in [2.24, 2.45) is 0 Å². The third-order valence-electron chi connectivity index (χ3n) is 3.76. The molecule has 0 heterocycles. The Morgan fingerprint density at radius 1 is 1.00 bits per heavy atom. The van der Waals surface area contributed by atoms with Gasteiger partial charge < -0.3 is 5.32 Å². The van der Waals surface area contributed by atoms with Crippen LogP contribution in [0.1, 0.15) is 64.4 Å². The lowest BCUT2D eigenvalue weighted by Gasteiger charge is -2.25. The second kappa shape index (κ2) is 9.16. The summed E-state index contributed by atoms with van der Waals surface area (Å²) >= 11 is 0. The highest BCUT2D eigenvalue weighted by atomic mass is 14.9. The van der Waals surface area contributed by atoms with Crippen LogP contribution < -0.4 is 5.32 Å². The van der Waals surface area contributed by atoms with E-state index in [4.69, 9.17) is 0 Å². The van der Waals surface area contributed by atoms with Crippen LogP contribution in [-0.4, -0.2) is 12.6 Å². The number of rotatable bonds is 9. The van der Waals surface area contributed by atoms with Crippen LogP contribution in [0.5, 0.6) is 0 Å². The molecule has 1 aromatic carbocycles. The van der Waals surface area contributed by atoms with E-state index in [0.29, 0.717) is 12.0 Å². The SMILES string of the molecule is CCCCCCC(NCC)C(C)c1ccccc1. The minimum atomic E-state index is 0.604. The van der Waals surface area contributed by atoms with Gasteiger partial charge in [-0.25, -0.2) is 0 Å². The highest BCUT2D eigenvalue weighted by Crippen LogP contribution is 2.22. The molecule has 0 radical (unpaired) electrons. The van der Waals surface area contributed by atoms with Gasteiger partial charge in [-0.05, 0) is 24.4 Å². The molecular formula is C17H29N. The van der Waals surface area contributed by atoms with Gasteiger partial charge >= 0.3 is 0 Å². The maximum Gasteiger partial charge on any atom is 0.0133 e. The third kappa shape index (κ3) is 5.22. The second-order valence-corrected chi connectivity index (χ2v) is 5.21. The van der Waals surface area contributed by atoms with Crippen LogP contribution in [0.3, 0.4) is 0 Å². The first-order valence-electron chi connectivity index (χ1n) is 7.57. The summed E-state index contributed by atoms with van der Waals surface area (Å²) in [7, 11) is 0. The molecule has 0 saturated carbocycles. The topological polar surface area (TPSA) is 12.0 Å². The summed E-state index contributed by atoms with van der Waals surface area (Å²) in [6.07, 6.45) is 6.71. The van der Waals surface area contributed by atoms with Crippen LogP contribution in [0, 0.1) is 0 Å². The molecule has 1 aromatic rings. The lowest BCUT2D eigenvalue weighted by atomic mass is 9.89. The average molecular weight is 247 g/mol. The Kier molecular flexibility index (Phi) is 7.75. The van der Waals surface area contributed by atoms with Gasteiger partial charge in [0.15, 0.2) is 0 Å². The maximum absolute atomic E-state index is 3.66. The normalized spacial score (nSPS) is 14.4. The standard InChI is InChI=1S/C17H29N/c1-4-6-7-11-14-17(18-5-2)15(3)16-12-9-8-10-13-16/h8-10,12-13,15,17-18H,4-7,11,14H2,1-3H3. The number of likely N-dealkylation sites (N-methyl/N-ethyl adjacent to an activating group) is 1. The predicted molar refractivity (Wildman–Crippen MR) is 81.1 cm³/mol. The summed E-state index contributed by atoms with van der Waals surface area (Å²) in [5.74, 6) is 0.604. The Hall–Kier alpha value is -0.820. The number of unbranched alkanes of at least 4 members (excludes halogenated alkanes) is 3. The van der Waals surface area contributed by atoms with E-state index in [1.807, 2.05) is 0 Å². The highest BCUT2D eigenvalue weighted by Gasteiger charge is 2.17. The van der Waals surface area contributed by atoms with Gasteiger partial charge in [-0.3, -0.25) is 0 Å². The Morgan fingerprint density at radius 2 is 1.72 bits per heavy atom. The first kappa shape index (κ1) is 15.2. The molecule has 0 aromatic heterocycles. The van der Waals surface area contributed by atoms with E-state index in [1.54, 1.807) is 0 Å². The zero-order valence-electron chi connectivity index (χ0n) is 12.3. The first-order valence-corrected chi connectivity index (χ1v) is 7.57. The lowest BCUT2D eigenvalue weighted by molar-refractivity contribution is 0.415. The summed E-state index contributed by atoms with van der Waals surface area (Å²) in [6.45, 7) is 7.89. The Bertz CT molecular complexity index is 294. The summed E-state index contributed by atoms with van der Waals surface area (Å²) in [6, 6.07) is 11.5. The minimum Gasteiger partial charge on any atom is -0.314 e. The van der Waals surface area contributed by atoms with E-state index in [1.165, 1.54) is 37.7 Å². The fraction of sp³-hybridized carbons (Fsp3) is 0.647. The number of hydrogen-bond acceptors (Lipinski definition) is 1. The molecule has 102 valence electrons. The molecule has 18 heavy (non-hydrogen) atoms. The molecule has 0 aliphatic heterocycles. The van der Waals surface area contributed by atoms with Crippen LogP contribution in [0.25, 0.3) is 0 Å². The van der Waals surface area contributed by atoms with E-state index in [2.05, 4.69) is 56.4 Å². The molecule has 0 aliphatic rings. The molecule has 0 saturated heterocycles. The number of hydrogen-bond donors (Lipinski definition) is 1. The smallest absolute Gasteiger partial charge is 0.0133 e. The molecule has 1 rings (SSSR count). The quantitative estimate of drug-likeness (QED) is 0.622. The van der Waals surface area contributed by atoms with Crippen LogP contribution in [0.2, 0.25) is 0 Å². The molecular weight excluding hydrogens is 218 g/mol. The van der Waals surface area contributed by atoms with Gasteiger partial charge in [-0.1, -0.05) is 76.8 Å². The third-order valence-corrected chi connectivity index (χ3v) is 3.76. The molecule has 1 heteroatoms. The molecule has 2 unspecified atom stereocenters. The van der Waals surface area contributed by atoms with Crippen molar-refractivity contribution in [3.05, 3.63) is 35.9 Å². The molecule has 0 aliphatic carbocycles. The van der Waals surface area contributed by atoms with E-state index in [-0.39, 0.29) is 0 Å². The fourth-order valence-electron chi connectivity index (χ4n) is 2.57. The second-order valence-electron chi connectivity index (χ2n) is 5.21. The Morgan fingerprint density at radius 3 is 2.33 bits per heavy atom. The predicted octanol–water partition coefficient (Wildman–Crippen LogP) is 4.74. The number of nitrogens with one attached hydrogen (secondary N) is 1. The molecule has 1 nitrogen and oxygen atoms in total. The van der Waals surface area contributed by atoms with Crippen molar-refractivity contribution in [1.82, 2.24) is 5.32 Å². The molecule has 0 bridgehead atoms. The summed E-state index contributed by atoms with van der Waals surface area (Å²) in [5, 5.41) is 3.66. The molecule has 0 amide bonds. The zero-order chi connectivity index (χ0) is 13.2. The van der Waals surface area contributed by atoms with Crippen molar-refractivity contribution in [1.29, 1.82) is 0 Å². The maximum atomic E-state index is 3.66. The molecule has 2 atom stereocenters. The van der Waals surface area contributed by atoms with E-state index in [0.717, 1.165) is 6.54 Å². The lowest BCUT2D eigenvalue weighted by Crippen LogP contribution is -2.33. The first-order chi connectivity index (χ1) is 8.79. The number of benzene rings is 1. The average Bonchev–Trinajstić information content (AvgIpc) is 2.42. The van der Waals surface area contributed by atoms with Crippen molar-refractivity contribution < 1.29 is 0 Å². The van der Waals surface area contributed by atoms with Crippen LogP contribution in [0.4, 0.5) is 0 Å².